The monoisotopic (exact) mass is 249 g/mol. The number of aromatic carboxylic acids is 1. The van der Waals surface area contributed by atoms with Gasteiger partial charge in [-0.2, -0.15) is 5.26 Å². The molecular formula is C12H11NO5. The molecule has 0 unspecified atom stereocenters. The van der Waals surface area contributed by atoms with Gasteiger partial charge in [0.1, 0.15) is 11.3 Å². The number of hydrogen-bond donors (Lipinski definition) is 1. The van der Waals surface area contributed by atoms with Gasteiger partial charge in [-0.05, 0) is 24.6 Å². The summed E-state index contributed by atoms with van der Waals surface area (Å²) in [5, 5.41) is 17.8. The van der Waals surface area contributed by atoms with Crippen LogP contribution in [0.4, 0.5) is 0 Å². The summed E-state index contributed by atoms with van der Waals surface area (Å²) in [6.45, 7) is 1.21. The summed E-state index contributed by atoms with van der Waals surface area (Å²) in [4.78, 5) is 22.0. The third-order valence-corrected chi connectivity index (χ3v) is 2.20. The average molecular weight is 249 g/mol. The summed E-state index contributed by atoms with van der Waals surface area (Å²) in [7, 11) is 1.20. The van der Waals surface area contributed by atoms with Crippen LogP contribution in [0.2, 0.25) is 0 Å². The van der Waals surface area contributed by atoms with E-state index in [1.165, 1.54) is 19.2 Å². The van der Waals surface area contributed by atoms with E-state index in [1.807, 2.05) is 6.07 Å². The van der Waals surface area contributed by atoms with Crippen LogP contribution in [0.25, 0.3) is 0 Å². The zero-order valence-corrected chi connectivity index (χ0v) is 9.89. The van der Waals surface area contributed by atoms with Crippen molar-refractivity contribution in [1.29, 1.82) is 5.26 Å². The first-order valence-electron chi connectivity index (χ1n) is 4.97. The summed E-state index contributed by atoms with van der Waals surface area (Å²) < 4.78 is 9.51. The minimum absolute atomic E-state index is 0.0619. The first kappa shape index (κ1) is 13.5. The standard InChI is InChI=1S/C12H11NO5/c1-7-3-8(5-13)4-9(12(15)16)11(7)18-6-10(14)17-2/h3-4H,6H2,1-2H3,(H,15,16). The summed E-state index contributed by atoms with van der Waals surface area (Å²) in [5.74, 6) is -1.78. The fourth-order valence-electron chi connectivity index (χ4n) is 1.38. The smallest absolute Gasteiger partial charge is 0.343 e. The molecule has 0 aliphatic carbocycles. The van der Waals surface area contributed by atoms with Crippen LogP contribution in [-0.2, 0) is 9.53 Å². The molecule has 0 heterocycles. The fourth-order valence-corrected chi connectivity index (χ4v) is 1.38. The van der Waals surface area contributed by atoms with Crippen molar-refractivity contribution in [2.45, 2.75) is 6.92 Å². The Morgan fingerprint density at radius 3 is 2.61 bits per heavy atom. The number of carbonyl (C=O) groups is 2. The molecule has 0 spiro atoms. The molecule has 6 heteroatoms. The molecule has 94 valence electrons. The topological polar surface area (TPSA) is 96.6 Å². The molecule has 0 aliphatic heterocycles. The van der Waals surface area contributed by atoms with Gasteiger partial charge in [0.05, 0.1) is 18.7 Å². The lowest BCUT2D eigenvalue weighted by Gasteiger charge is -2.11. The maximum absolute atomic E-state index is 11.1. The highest BCUT2D eigenvalue weighted by atomic mass is 16.6. The van der Waals surface area contributed by atoms with Crippen molar-refractivity contribution >= 4 is 11.9 Å². The van der Waals surface area contributed by atoms with E-state index in [4.69, 9.17) is 15.1 Å². The van der Waals surface area contributed by atoms with Gasteiger partial charge in [-0.15, -0.1) is 0 Å². The van der Waals surface area contributed by atoms with Gasteiger partial charge >= 0.3 is 11.9 Å². The Morgan fingerprint density at radius 1 is 1.44 bits per heavy atom. The Hall–Kier alpha value is -2.55. The van der Waals surface area contributed by atoms with E-state index in [1.54, 1.807) is 6.92 Å². The molecule has 18 heavy (non-hydrogen) atoms. The molecule has 0 bridgehead atoms. The predicted octanol–water partition coefficient (Wildman–Crippen LogP) is 1.12. The number of nitriles is 1. The summed E-state index contributed by atoms with van der Waals surface area (Å²) in [6.07, 6.45) is 0. The van der Waals surface area contributed by atoms with Crippen molar-refractivity contribution in [3.8, 4) is 11.8 Å². The minimum Gasteiger partial charge on any atom is -0.481 e. The number of nitrogens with zero attached hydrogens (tertiary/aromatic N) is 1. The quantitative estimate of drug-likeness (QED) is 0.803. The van der Waals surface area contributed by atoms with Crippen molar-refractivity contribution in [3.63, 3.8) is 0 Å². The normalized spacial score (nSPS) is 9.39. The molecular weight excluding hydrogens is 238 g/mol. The molecule has 0 saturated carbocycles. The first-order valence-corrected chi connectivity index (χ1v) is 4.97. The number of aryl methyl sites for hydroxylation is 1. The molecule has 0 saturated heterocycles. The highest BCUT2D eigenvalue weighted by molar-refractivity contribution is 5.92. The molecule has 1 aromatic rings. The number of hydrogen-bond acceptors (Lipinski definition) is 5. The summed E-state index contributed by atoms with van der Waals surface area (Å²) >= 11 is 0. The van der Waals surface area contributed by atoms with E-state index >= 15 is 0 Å². The second-order valence-corrected chi connectivity index (χ2v) is 3.45. The molecule has 1 aromatic carbocycles. The van der Waals surface area contributed by atoms with Crippen LogP contribution in [0, 0.1) is 18.3 Å². The zero-order valence-electron chi connectivity index (χ0n) is 9.89. The van der Waals surface area contributed by atoms with Crippen molar-refractivity contribution in [3.05, 3.63) is 28.8 Å². The summed E-state index contributed by atoms with van der Waals surface area (Å²) in [6, 6.07) is 4.54. The Labute approximate surface area is 103 Å². The number of carboxylic acids is 1. The van der Waals surface area contributed by atoms with Gasteiger partial charge in [0.2, 0.25) is 0 Å². The van der Waals surface area contributed by atoms with Crippen LogP contribution < -0.4 is 4.74 Å². The van der Waals surface area contributed by atoms with Gasteiger partial charge in [-0.1, -0.05) is 0 Å². The fraction of sp³-hybridized carbons (Fsp3) is 0.250. The van der Waals surface area contributed by atoms with Gasteiger partial charge in [0.15, 0.2) is 6.61 Å². The highest BCUT2D eigenvalue weighted by Crippen LogP contribution is 2.25. The number of methoxy groups -OCH3 is 1. The van der Waals surface area contributed by atoms with E-state index in [-0.39, 0.29) is 23.5 Å². The lowest BCUT2D eigenvalue weighted by Crippen LogP contribution is -2.15. The van der Waals surface area contributed by atoms with Gasteiger partial charge in [-0.25, -0.2) is 9.59 Å². The van der Waals surface area contributed by atoms with Crippen LogP contribution in [0.5, 0.6) is 5.75 Å². The van der Waals surface area contributed by atoms with Gasteiger partial charge < -0.3 is 14.6 Å². The molecule has 0 aliphatic rings. The molecule has 1 N–H and O–H groups in total. The molecule has 0 aromatic heterocycles. The van der Waals surface area contributed by atoms with Crippen LogP contribution in [0.1, 0.15) is 21.5 Å². The second kappa shape index (κ2) is 5.68. The van der Waals surface area contributed by atoms with E-state index in [2.05, 4.69) is 4.74 Å². The third kappa shape index (κ3) is 2.98. The SMILES string of the molecule is COC(=O)COc1c(C)cc(C#N)cc1C(=O)O. The van der Waals surface area contributed by atoms with Gasteiger partial charge in [-0.3, -0.25) is 0 Å². The lowest BCUT2D eigenvalue weighted by molar-refractivity contribution is -0.142. The van der Waals surface area contributed by atoms with Crippen LogP contribution in [0.15, 0.2) is 12.1 Å². The number of esters is 1. The van der Waals surface area contributed by atoms with E-state index in [0.717, 1.165) is 0 Å². The van der Waals surface area contributed by atoms with Crippen LogP contribution in [-0.4, -0.2) is 30.8 Å². The maximum atomic E-state index is 11.1. The lowest BCUT2D eigenvalue weighted by atomic mass is 10.1. The maximum Gasteiger partial charge on any atom is 0.343 e. The largest absolute Gasteiger partial charge is 0.481 e. The van der Waals surface area contributed by atoms with Crippen molar-refractivity contribution in [2.24, 2.45) is 0 Å². The number of carboxylic acid groups (broad SMARTS) is 1. The van der Waals surface area contributed by atoms with Gasteiger partial charge in [0.25, 0.3) is 0 Å². The van der Waals surface area contributed by atoms with E-state index < -0.39 is 11.9 Å². The van der Waals surface area contributed by atoms with Crippen molar-refractivity contribution < 1.29 is 24.2 Å². The van der Waals surface area contributed by atoms with Gasteiger partial charge in [0, 0.05) is 0 Å². The van der Waals surface area contributed by atoms with Crippen LogP contribution >= 0.6 is 0 Å². The Bertz CT molecular complexity index is 530. The highest BCUT2D eigenvalue weighted by Gasteiger charge is 2.17. The number of rotatable bonds is 4. The Kier molecular flexibility index (Phi) is 4.27. The number of benzene rings is 1. The van der Waals surface area contributed by atoms with Crippen molar-refractivity contribution in [1.82, 2.24) is 0 Å². The average Bonchev–Trinajstić information content (AvgIpc) is 2.35. The zero-order chi connectivity index (χ0) is 13.7. The second-order valence-electron chi connectivity index (χ2n) is 3.45. The van der Waals surface area contributed by atoms with Crippen molar-refractivity contribution in [2.75, 3.05) is 13.7 Å². The van der Waals surface area contributed by atoms with E-state index in [0.29, 0.717) is 5.56 Å². The van der Waals surface area contributed by atoms with Crippen LogP contribution in [0.3, 0.4) is 0 Å². The first-order chi connectivity index (χ1) is 8.49. The Balaban J connectivity index is 3.13. The molecule has 0 amide bonds. The molecule has 0 radical (unpaired) electrons. The predicted molar refractivity (Wildman–Crippen MR) is 60.4 cm³/mol. The van der Waals surface area contributed by atoms with E-state index in [9.17, 15) is 9.59 Å². The Morgan fingerprint density at radius 2 is 2.11 bits per heavy atom. The third-order valence-electron chi connectivity index (χ3n) is 2.20. The molecule has 0 fully saturated rings. The molecule has 0 atom stereocenters. The number of ether oxygens (including phenoxy) is 2. The molecule has 6 nitrogen and oxygen atoms in total. The number of carbonyl (C=O) groups excluding carboxylic acids is 1. The summed E-state index contributed by atoms with van der Waals surface area (Å²) in [5.41, 5.74) is 0.529. The minimum atomic E-state index is -1.23. The molecule has 1 rings (SSSR count).